The molecule has 40 heavy (non-hydrogen) atoms. The minimum Gasteiger partial charge on any atom is -0.352 e. The van der Waals surface area contributed by atoms with E-state index >= 15 is 0 Å². The van der Waals surface area contributed by atoms with Crippen LogP contribution in [0.4, 0.5) is 5.69 Å². The second-order valence-corrected chi connectivity index (χ2v) is 11.0. The zero-order valence-corrected chi connectivity index (χ0v) is 24.7. The van der Waals surface area contributed by atoms with Crippen molar-refractivity contribution in [2.75, 3.05) is 11.9 Å². The molecule has 1 aliphatic rings. The number of nitrogens with one attached hydrogen (secondary N) is 2. The Labute approximate surface area is 242 Å². The molecule has 0 unspecified atom stereocenters. The van der Waals surface area contributed by atoms with Crippen LogP contribution in [0.1, 0.15) is 64.8 Å². The first-order valence-corrected chi connectivity index (χ1v) is 14.3. The molecule has 0 radical (unpaired) electrons. The summed E-state index contributed by atoms with van der Waals surface area (Å²) in [6, 6.07) is 22.6. The maximum absolute atomic E-state index is 13.1. The van der Waals surface area contributed by atoms with Crippen molar-refractivity contribution >= 4 is 28.9 Å². The first-order chi connectivity index (χ1) is 19.3. The van der Waals surface area contributed by atoms with Crippen LogP contribution in [-0.4, -0.2) is 32.0 Å². The monoisotopic (exact) mass is 551 g/mol. The topological polar surface area (TPSA) is 62.2 Å². The summed E-state index contributed by atoms with van der Waals surface area (Å²) >= 11 is 5.87. The quantitative estimate of drug-likeness (QED) is 0.240. The molecule has 2 aromatic heterocycles. The number of hydrogen-bond donors (Lipinski definition) is 2. The fourth-order valence-electron chi connectivity index (χ4n) is 5.93. The number of hydrogen-bond acceptors (Lipinski definition) is 3. The number of carbonyl (C=O) groups excluding carboxylic acids is 1. The van der Waals surface area contributed by atoms with Gasteiger partial charge in [-0.1, -0.05) is 37.3 Å². The van der Waals surface area contributed by atoms with E-state index in [2.05, 4.69) is 84.0 Å². The maximum Gasteiger partial charge on any atom is 0.226 e. The molecule has 2 N–H and O–H groups in total. The molecule has 1 aliphatic heterocycles. The van der Waals surface area contributed by atoms with Gasteiger partial charge >= 0.3 is 0 Å². The molecule has 0 spiro atoms. The number of benzene rings is 2. The van der Waals surface area contributed by atoms with Gasteiger partial charge in [-0.25, -0.2) is 0 Å². The Kier molecular flexibility index (Phi) is 8.03. The van der Waals surface area contributed by atoms with Crippen molar-refractivity contribution in [1.82, 2.24) is 19.8 Å². The summed E-state index contributed by atoms with van der Waals surface area (Å²) < 4.78 is 2.32. The summed E-state index contributed by atoms with van der Waals surface area (Å²) in [4.78, 5) is 19.9. The smallest absolute Gasteiger partial charge is 0.226 e. The third-order valence-electron chi connectivity index (χ3n) is 7.70. The van der Waals surface area contributed by atoms with Crippen molar-refractivity contribution in [3.63, 3.8) is 0 Å². The Morgan fingerprint density at radius 3 is 2.42 bits per heavy atom. The van der Waals surface area contributed by atoms with Gasteiger partial charge in [-0.2, -0.15) is 0 Å². The largest absolute Gasteiger partial charge is 0.352 e. The Morgan fingerprint density at radius 2 is 1.73 bits per heavy atom. The van der Waals surface area contributed by atoms with Gasteiger partial charge in [0.15, 0.2) is 5.11 Å². The average molecular weight is 552 g/mol. The van der Waals surface area contributed by atoms with Gasteiger partial charge in [-0.3, -0.25) is 9.78 Å². The number of carbonyl (C=O) groups is 1. The second kappa shape index (κ2) is 11.6. The number of thiocarbonyl (C=S) groups is 1. The number of para-hydroxylation sites is 1. The van der Waals surface area contributed by atoms with Gasteiger partial charge in [-0.15, -0.1) is 0 Å². The van der Waals surface area contributed by atoms with E-state index in [9.17, 15) is 4.79 Å². The minimum atomic E-state index is -0.134. The van der Waals surface area contributed by atoms with Gasteiger partial charge in [0.1, 0.15) is 0 Å². The fraction of sp³-hybridized carbons (Fsp3) is 0.303. The lowest BCUT2D eigenvalue weighted by atomic mass is 9.96. The van der Waals surface area contributed by atoms with E-state index in [0.29, 0.717) is 18.1 Å². The molecule has 6 nitrogen and oxygen atoms in total. The van der Waals surface area contributed by atoms with E-state index in [4.69, 9.17) is 12.2 Å². The molecule has 3 heterocycles. The van der Waals surface area contributed by atoms with Gasteiger partial charge in [0.25, 0.3) is 0 Å². The molecule has 206 valence electrons. The van der Waals surface area contributed by atoms with E-state index in [-0.39, 0.29) is 18.0 Å². The lowest BCUT2D eigenvalue weighted by molar-refractivity contribution is -0.116. The van der Waals surface area contributed by atoms with Crippen LogP contribution in [0.15, 0.2) is 72.9 Å². The van der Waals surface area contributed by atoms with E-state index in [1.165, 1.54) is 16.7 Å². The molecule has 4 aromatic rings. The highest BCUT2D eigenvalue weighted by Crippen LogP contribution is 2.41. The highest BCUT2D eigenvalue weighted by atomic mass is 32.1. The molecule has 5 rings (SSSR count). The van der Waals surface area contributed by atoms with Crippen LogP contribution in [-0.2, 0) is 11.2 Å². The van der Waals surface area contributed by atoms with Crippen molar-refractivity contribution in [2.45, 2.75) is 59.5 Å². The number of aromatic nitrogens is 2. The fourth-order valence-corrected chi connectivity index (χ4v) is 6.27. The zero-order chi connectivity index (χ0) is 28.4. The van der Waals surface area contributed by atoms with E-state index in [1.807, 2.05) is 48.7 Å². The van der Waals surface area contributed by atoms with Crippen LogP contribution in [0.3, 0.4) is 0 Å². The number of pyridine rings is 1. The van der Waals surface area contributed by atoms with Crippen LogP contribution in [0, 0.1) is 27.7 Å². The highest BCUT2D eigenvalue weighted by molar-refractivity contribution is 7.80. The molecule has 0 aliphatic carbocycles. The first-order valence-electron chi connectivity index (χ1n) is 13.9. The Hall–Kier alpha value is -3.97. The number of rotatable bonds is 8. The van der Waals surface area contributed by atoms with Crippen molar-refractivity contribution in [3.8, 4) is 5.69 Å². The second-order valence-electron chi connectivity index (χ2n) is 10.6. The van der Waals surface area contributed by atoms with Gasteiger partial charge < -0.3 is 20.1 Å². The van der Waals surface area contributed by atoms with Crippen molar-refractivity contribution in [2.24, 2.45) is 0 Å². The highest BCUT2D eigenvalue weighted by Gasteiger charge is 2.41. The molecule has 7 heteroatoms. The van der Waals surface area contributed by atoms with Gasteiger partial charge in [0, 0.05) is 41.9 Å². The molecular weight excluding hydrogens is 514 g/mol. The summed E-state index contributed by atoms with van der Waals surface area (Å²) in [6.45, 7) is 11.2. The van der Waals surface area contributed by atoms with E-state index in [0.717, 1.165) is 40.4 Å². The molecular formula is C33H37N5OS. The lowest BCUT2D eigenvalue weighted by Crippen LogP contribution is -2.33. The molecule has 1 amide bonds. The molecule has 1 fully saturated rings. The summed E-state index contributed by atoms with van der Waals surface area (Å²) in [5.41, 5.74) is 10.0. The standard InChI is InChI=1S/C33H37N5OS/c1-6-25-11-7-8-12-28(25)35-30(39)14-16-37-32(31(36-33(37)40)29-13-9-10-15-34-29)27-20-23(4)38(24(27)5)26-18-21(2)17-22(3)19-26/h7-13,15,17-20,31-32H,6,14,16H2,1-5H3,(H,35,39)(H,36,40)/t31-,32-/m1/s1. The predicted octanol–water partition coefficient (Wildman–Crippen LogP) is 6.67. The SMILES string of the molecule is CCc1ccccc1NC(=O)CCN1C(=S)N[C@H](c2ccccn2)[C@H]1c1cc(C)n(-c2cc(C)cc(C)c2)c1C. The normalized spacial score (nSPS) is 16.7. The van der Waals surface area contributed by atoms with Gasteiger partial charge in [0.2, 0.25) is 5.91 Å². The van der Waals surface area contributed by atoms with Crippen LogP contribution in [0.2, 0.25) is 0 Å². The summed E-state index contributed by atoms with van der Waals surface area (Å²) in [5, 5.41) is 7.27. The van der Waals surface area contributed by atoms with Crippen molar-refractivity contribution < 1.29 is 4.79 Å². The van der Waals surface area contributed by atoms with Crippen LogP contribution in [0.5, 0.6) is 0 Å². The lowest BCUT2D eigenvalue weighted by Gasteiger charge is -2.28. The van der Waals surface area contributed by atoms with E-state index < -0.39 is 0 Å². The van der Waals surface area contributed by atoms with Crippen molar-refractivity contribution in [1.29, 1.82) is 0 Å². The van der Waals surface area contributed by atoms with Gasteiger partial charge in [-0.05, 0) is 105 Å². The van der Waals surface area contributed by atoms with Crippen molar-refractivity contribution in [3.05, 3.63) is 112 Å². The van der Waals surface area contributed by atoms with Crippen LogP contribution < -0.4 is 10.6 Å². The third kappa shape index (κ3) is 5.52. The molecule has 2 aromatic carbocycles. The maximum atomic E-state index is 13.1. The van der Waals surface area contributed by atoms with Gasteiger partial charge in [0.05, 0.1) is 17.8 Å². The summed E-state index contributed by atoms with van der Waals surface area (Å²) in [5.74, 6) is -0.0237. The third-order valence-corrected chi connectivity index (χ3v) is 8.06. The number of anilines is 1. The Balaban J connectivity index is 1.48. The van der Waals surface area contributed by atoms with Crippen LogP contribution >= 0.6 is 12.2 Å². The average Bonchev–Trinajstić information content (AvgIpc) is 3.41. The summed E-state index contributed by atoms with van der Waals surface area (Å²) in [7, 11) is 0. The number of nitrogens with zero attached hydrogens (tertiary/aromatic N) is 3. The van der Waals surface area contributed by atoms with Crippen LogP contribution in [0.25, 0.3) is 5.69 Å². The molecule has 1 saturated heterocycles. The molecule has 0 bridgehead atoms. The summed E-state index contributed by atoms with van der Waals surface area (Å²) in [6.07, 6.45) is 3.00. The minimum absolute atomic E-state index is 0.0237. The zero-order valence-electron chi connectivity index (χ0n) is 23.9. The number of amides is 1. The predicted molar refractivity (Wildman–Crippen MR) is 166 cm³/mol. The number of aryl methyl sites for hydroxylation is 4. The Morgan fingerprint density at radius 1 is 1.00 bits per heavy atom. The van der Waals surface area contributed by atoms with E-state index in [1.54, 1.807) is 0 Å². The first kappa shape index (κ1) is 27.6. The molecule has 2 atom stereocenters. The molecule has 0 saturated carbocycles. The Bertz CT molecular complexity index is 1520.